The van der Waals surface area contributed by atoms with Crippen molar-refractivity contribution in [3.8, 4) is 16.3 Å². The molecule has 0 N–H and O–H groups in total. The van der Waals surface area contributed by atoms with Crippen molar-refractivity contribution >= 4 is 11.3 Å². The van der Waals surface area contributed by atoms with E-state index in [0.29, 0.717) is 12.5 Å². The average Bonchev–Trinajstić information content (AvgIpc) is 3.10. The van der Waals surface area contributed by atoms with E-state index >= 15 is 0 Å². The summed E-state index contributed by atoms with van der Waals surface area (Å²) in [6.07, 6.45) is 4.25. The number of benzene rings is 1. The molecule has 0 radical (unpaired) electrons. The summed E-state index contributed by atoms with van der Waals surface area (Å²) in [6, 6.07) is 7.96. The summed E-state index contributed by atoms with van der Waals surface area (Å²) in [7, 11) is 2.01. The van der Waals surface area contributed by atoms with Crippen LogP contribution in [0.1, 0.15) is 30.4 Å². The zero-order valence-electron chi connectivity index (χ0n) is 12.3. The first-order chi connectivity index (χ1) is 10.8. The van der Waals surface area contributed by atoms with E-state index in [0.717, 1.165) is 28.0 Å². The van der Waals surface area contributed by atoms with Crippen LogP contribution in [0.3, 0.4) is 0 Å². The van der Waals surface area contributed by atoms with Crippen LogP contribution in [0, 0.1) is 0 Å². The number of hydrogen-bond acceptors (Lipinski definition) is 5. The first-order valence-corrected chi connectivity index (χ1v) is 8.21. The van der Waals surface area contributed by atoms with Crippen LogP contribution in [0.4, 0.5) is 0 Å². The van der Waals surface area contributed by atoms with Gasteiger partial charge in [0, 0.05) is 24.5 Å². The predicted octanol–water partition coefficient (Wildman–Crippen LogP) is 3.40. The van der Waals surface area contributed by atoms with E-state index in [2.05, 4.69) is 19.7 Å². The molecule has 3 aromatic rings. The van der Waals surface area contributed by atoms with Crippen molar-refractivity contribution in [2.45, 2.75) is 25.4 Å². The number of nitrogens with zero attached hydrogens (tertiary/aromatic N) is 4. The largest absolute Gasteiger partial charge is 0.485 e. The molecule has 0 unspecified atom stereocenters. The molecule has 2 heterocycles. The van der Waals surface area contributed by atoms with Gasteiger partial charge in [-0.2, -0.15) is 0 Å². The quantitative estimate of drug-likeness (QED) is 0.724. The Hall–Kier alpha value is -2.21. The normalized spacial score (nSPS) is 14.2. The van der Waals surface area contributed by atoms with Gasteiger partial charge < -0.3 is 9.30 Å². The minimum absolute atomic E-state index is 0.415. The number of ether oxygens (including phenoxy) is 1. The molecule has 0 aliphatic heterocycles. The molecule has 0 spiro atoms. The molecule has 1 saturated carbocycles. The van der Waals surface area contributed by atoms with E-state index in [1.807, 2.05) is 36.7 Å². The lowest BCUT2D eigenvalue weighted by atomic mass is 10.2. The lowest BCUT2D eigenvalue weighted by Gasteiger charge is -2.09. The molecule has 0 saturated heterocycles. The molecule has 22 heavy (non-hydrogen) atoms. The predicted molar refractivity (Wildman–Crippen MR) is 84.9 cm³/mol. The second-order valence-corrected chi connectivity index (χ2v) is 6.32. The number of aromatic nitrogens is 4. The maximum absolute atomic E-state index is 5.98. The lowest BCUT2D eigenvalue weighted by Crippen LogP contribution is -2.06. The molecule has 6 heteroatoms. The van der Waals surface area contributed by atoms with Gasteiger partial charge in [-0.3, -0.25) is 0 Å². The van der Waals surface area contributed by atoms with Crippen LogP contribution in [0.15, 0.2) is 35.8 Å². The van der Waals surface area contributed by atoms with Crippen LogP contribution in [0.2, 0.25) is 0 Å². The second-order valence-electron chi connectivity index (χ2n) is 5.43. The average molecular weight is 312 g/mol. The van der Waals surface area contributed by atoms with E-state index in [1.165, 1.54) is 12.8 Å². The summed E-state index contributed by atoms with van der Waals surface area (Å²) < 4.78 is 8.04. The topological polar surface area (TPSA) is 52.8 Å². The first kappa shape index (κ1) is 13.5. The summed E-state index contributed by atoms with van der Waals surface area (Å²) in [5.41, 5.74) is 1.02. The molecule has 1 aliphatic rings. The standard InChI is InChI=1S/C16H16N4OS/c1-20-14(18-19-15(20)11-6-7-11)10-21-13-5-3-2-4-12(13)16-17-8-9-22-16/h2-5,8-9,11H,6-7,10H2,1H3. The Bertz CT molecular complexity index is 777. The molecule has 1 aliphatic carbocycles. The van der Waals surface area contributed by atoms with E-state index in [1.54, 1.807) is 17.5 Å². The van der Waals surface area contributed by atoms with Gasteiger partial charge in [-0.15, -0.1) is 21.5 Å². The molecule has 0 atom stereocenters. The summed E-state index contributed by atoms with van der Waals surface area (Å²) in [5, 5.41) is 11.5. The highest BCUT2D eigenvalue weighted by molar-refractivity contribution is 7.13. The van der Waals surface area contributed by atoms with Crippen molar-refractivity contribution < 1.29 is 4.74 Å². The third-order valence-electron chi connectivity index (χ3n) is 3.85. The van der Waals surface area contributed by atoms with E-state index < -0.39 is 0 Å². The van der Waals surface area contributed by atoms with Crippen molar-refractivity contribution in [2.75, 3.05) is 0 Å². The van der Waals surface area contributed by atoms with Crippen molar-refractivity contribution in [3.63, 3.8) is 0 Å². The van der Waals surface area contributed by atoms with Gasteiger partial charge in [0.2, 0.25) is 0 Å². The maximum atomic E-state index is 5.98. The van der Waals surface area contributed by atoms with E-state index in [4.69, 9.17) is 4.74 Å². The number of rotatable bonds is 5. The fraction of sp³-hybridized carbons (Fsp3) is 0.312. The molecular weight excluding hydrogens is 296 g/mol. The molecule has 0 bridgehead atoms. The van der Waals surface area contributed by atoms with Gasteiger partial charge in [-0.25, -0.2) is 4.98 Å². The highest BCUT2D eigenvalue weighted by Crippen LogP contribution is 2.39. The molecular formula is C16H16N4OS. The van der Waals surface area contributed by atoms with Crippen LogP contribution in [-0.4, -0.2) is 19.7 Å². The van der Waals surface area contributed by atoms with Crippen molar-refractivity contribution in [1.29, 1.82) is 0 Å². The van der Waals surface area contributed by atoms with Gasteiger partial charge in [-0.1, -0.05) is 12.1 Å². The Labute approximate surface area is 132 Å². The van der Waals surface area contributed by atoms with Gasteiger partial charge in [0.05, 0.1) is 5.56 Å². The third-order valence-corrected chi connectivity index (χ3v) is 4.65. The maximum Gasteiger partial charge on any atom is 0.170 e. The van der Waals surface area contributed by atoms with Gasteiger partial charge in [0.25, 0.3) is 0 Å². The van der Waals surface area contributed by atoms with Crippen molar-refractivity contribution in [1.82, 2.24) is 19.7 Å². The van der Waals surface area contributed by atoms with Crippen LogP contribution in [-0.2, 0) is 13.7 Å². The highest BCUT2D eigenvalue weighted by Gasteiger charge is 2.29. The molecule has 4 rings (SSSR count). The van der Waals surface area contributed by atoms with Gasteiger partial charge in [0.15, 0.2) is 5.82 Å². The van der Waals surface area contributed by atoms with E-state index in [9.17, 15) is 0 Å². The van der Waals surface area contributed by atoms with Crippen LogP contribution in [0.5, 0.6) is 5.75 Å². The fourth-order valence-corrected chi connectivity index (χ4v) is 3.13. The SMILES string of the molecule is Cn1c(COc2ccccc2-c2nccs2)nnc1C1CC1. The summed E-state index contributed by atoms with van der Waals surface area (Å²) in [5.74, 6) is 3.35. The summed E-state index contributed by atoms with van der Waals surface area (Å²) in [4.78, 5) is 4.36. The van der Waals surface area contributed by atoms with Crippen molar-refractivity contribution in [3.05, 3.63) is 47.5 Å². The highest BCUT2D eigenvalue weighted by atomic mass is 32.1. The van der Waals surface area contributed by atoms with Crippen molar-refractivity contribution in [2.24, 2.45) is 7.05 Å². The lowest BCUT2D eigenvalue weighted by molar-refractivity contribution is 0.292. The summed E-state index contributed by atoms with van der Waals surface area (Å²) in [6.45, 7) is 0.415. The number of thiazole rings is 1. The minimum atomic E-state index is 0.415. The molecule has 112 valence electrons. The minimum Gasteiger partial charge on any atom is -0.485 e. The molecule has 5 nitrogen and oxygen atoms in total. The Kier molecular flexibility index (Phi) is 3.38. The Morgan fingerprint density at radius 3 is 2.91 bits per heavy atom. The van der Waals surface area contributed by atoms with E-state index in [-0.39, 0.29) is 0 Å². The third kappa shape index (κ3) is 2.50. The molecule has 0 amide bonds. The van der Waals surface area contributed by atoms with Gasteiger partial charge in [-0.05, 0) is 25.0 Å². The summed E-state index contributed by atoms with van der Waals surface area (Å²) >= 11 is 1.61. The Balaban J connectivity index is 1.55. The first-order valence-electron chi connectivity index (χ1n) is 7.33. The monoisotopic (exact) mass is 312 g/mol. The number of para-hydroxylation sites is 1. The smallest absolute Gasteiger partial charge is 0.170 e. The molecule has 1 fully saturated rings. The zero-order valence-corrected chi connectivity index (χ0v) is 13.1. The van der Waals surface area contributed by atoms with Crippen LogP contribution in [0.25, 0.3) is 10.6 Å². The van der Waals surface area contributed by atoms with Gasteiger partial charge >= 0.3 is 0 Å². The molecule has 1 aromatic carbocycles. The fourth-order valence-electron chi connectivity index (χ4n) is 2.47. The van der Waals surface area contributed by atoms with Crippen LogP contribution >= 0.6 is 11.3 Å². The second kappa shape index (κ2) is 5.53. The van der Waals surface area contributed by atoms with Crippen LogP contribution < -0.4 is 4.74 Å². The Morgan fingerprint density at radius 1 is 1.27 bits per heavy atom. The zero-order chi connectivity index (χ0) is 14.9. The van der Waals surface area contributed by atoms with Gasteiger partial charge in [0.1, 0.15) is 23.2 Å². The molecule has 2 aromatic heterocycles. The number of hydrogen-bond donors (Lipinski definition) is 0. The Morgan fingerprint density at radius 2 is 2.14 bits per heavy atom.